The molecule has 0 aliphatic rings. The third-order valence-corrected chi connectivity index (χ3v) is 5.06. The highest BCUT2D eigenvalue weighted by molar-refractivity contribution is 7.99. The highest BCUT2D eigenvalue weighted by atomic mass is 32.2. The van der Waals surface area contributed by atoms with Crippen LogP contribution in [-0.4, -0.2) is 21.6 Å². The molecule has 0 bridgehead atoms. The van der Waals surface area contributed by atoms with Crippen LogP contribution in [0.15, 0.2) is 47.4 Å². The summed E-state index contributed by atoms with van der Waals surface area (Å²) in [6.07, 6.45) is 0. The number of nitrogens with zero attached hydrogens (tertiary/aromatic N) is 2. The summed E-state index contributed by atoms with van der Waals surface area (Å²) in [4.78, 5) is 28.0. The van der Waals surface area contributed by atoms with Crippen molar-refractivity contribution in [2.75, 3.05) is 11.1 Å². The lowest BCUT2D eigenvalue weighted by Crippen LogP contribution is -2.11. The quantitative estimate of drug-likeness (QED) is 0.410. The number of thioether (sulfide) groups is 1. The average Bonchev–Trinajstić information content (AvgIpc) is 2.97. The number of fused-ring (bicyclic) bond motifs is 1. The van der Waals surface area contributed by atoms with Gasteiger partial charge < -0.3 is 0 Å². The molecule has 0 radical (unpaired) electrons. The smallest absolute Gasteiger partial charge is 0.270 e. The molecule has 0 spiro atoms. The Morgan fingerprint density at radius 3 is 2.71 bits per heavy atom. The molecule has 0 saturated heterocycles. The number of benzene rings is 2. The number of amides is 1. The summed E-state index contributed by atoms with van der Waals surface area (Å²) in [7, 11) is 0. The Bertz CT molecular complexity index is 907. The van der Waals surface area contributed by atoms with E-state index in [4.69, 9.17) is 0 Å². The second-order valence-corrected chi connectivity index (χ2v) is 7.21. The first-order valence-electron chi connectivity index (χ1n) is 7.16. The minimum absolute atomic E-state index is 0.00744. The molecule has 8 heteroatoms. The molecule has 0 saturated carbocycles. The standard InChI is InChI=1S/C16H13N3O3S2/c1-2-23-12-6-3-10(4-7-12)15(20)18-16-17-13-8-5-11(19(21)22)9-14(13)24-16/h3-9H,2H2,1H3,(H,17,18,20). The van der Waals surface area contributed by atoms with E-state index >= 15 is 0 Å². The molecule has 1 aromatic heterocycles. The third-order valence-electron chi connectivity index (χ3n) is 3.23. The van der Waals surface area contributed by atoms with Crippen LogP contribution in [0, 0.1) is 10.1 Å². The predicted molar refractivity (Wildman–Crippen MR) is 97.1 cm³/mol. The van der Waals surface area contributed by atoms with Crippen LogP contribution in [0.1, 0.15) is 17.3 Å². The molecule has 0 fully saturated rings. The summed E-state index contributed by atoms with van der Waals surface area (Å²) < 4.78 is 0.661. The Kier molecular flexibility index (Phi) is 4.77. The monoisotopic (exact) mass is 359 g/mol. The first-order chi connectivity index (χ1) is 11.6. The fourth-order valence-electron chi connectivity index (χ4n) is 2.12. The molecule has 1 amide bonds. The number of carbonyl (C=O) groups excluding carboxylic acids is 1. The minimum Gasteiger partial charge on any atom is -0.298 e. The Labute approximate surface area is 146 Å². The van der Waals surface area contributed by atoms with Crippen molar-refractivity contribution in [3.63, 3.8) is 0 Å². The fourth-order valence-corrected chi connectivity index (χ4v) is 3.67. The van der Waals surface area contributed by atoms with E-state index in [-0.39, 0.29) is 11.6 Å². The highest BCUT2D eigenvalue weighted by Gasteiger charge is 2.13. The van der Waals surface area contributed by atoms with E-state index < -0.39 is 4.92 Å². The molecule has 0 atom stereocenters. The van der Waals surface area contributed by atoms with Gasteiger partial charge in [-0.3, -0.25) is 20.2 Å². The number of aromatic nitrogens is 1. The number of rotatable bonds is 5. The van der Waals surface area contributed by atoms with Crippen molar-refractivity contribution in [2.24, 2.45) is 0 Å². The molecule has 6 nitrogen and oxygen atoms in total. The lowest BCUT2D eigenvalue weighted by molar-refractivity contribution is -0.384. The van der Waals surface area contributed by atoms with Gasteiger partial charge in [-0.1, -0.05) is 18.3 Å². The van der Waals surface area contributed by atoms with E-state index in [1.807, 2.05) is 12.1 Å². The van der Waals surface area contributed by atoms with E-state index in [1.165, 1.54) is 23.5 Å². The second kappa shape index (κ2) is 6.98. The van der Waals surface area contributed by atoms with Crippen LogP contribution in [0.25, 0.3) is 10.2 Å². The lowest BCUT2D eigenvalue weighted by atomic mass is 10.2. The maximum Gasteiger partial charge on any atom is 0.270 e. The molecule has 24 heavy (non-hydrogen) atoms. The molecule has 2 aromatic carbocycles. The Balaban J connectivity index is 1.78. The number of nitro benzene ring substituents is 1. The molecule has 3 rings (SSSR count). The Hall–Kier alpha value is -2.45. The van der Waals surface area contributed by atoms with Gasteiger partial charge in [0.05, 0.1) is 15.1 Å². The number of non-ortho nitro benzene ring substituents is 1. The summed E-state index contributed by atoms with van der Waals surface area (Å²) in [6.45, 7) is 2.07. The average molecular weight is 359 g/mol. The normalized spacial score (nSPS) is 10.7. The van der Waals surface area contributed by atoms with Crippen molar-refractivity contribution < 1.29 is 9.72 Å². The van der Waals surface area contributed by atoms with E-state index in [1.54, 1.807) is 30.0 Å². The number of hydrogen-bond donors (Lipinski definition) is 1. The third kappa shape index (κ3) is 3.55. The van der Waals surface area contributed by atoms with Crippen LogP contribution >= 0.6 is 23.1 Å². The van der Waals surface area contributed by atoms with Gasteiger partial charge in [0.1, 0.15) is 0 Å². The molecule has 0 aliphatic carbocycles. The first kappa shape index (κ1) is 16.4. The maximum atomic E-state index is 12.3. The van der Waals surface area contributed by atoms with Gasteiger partial charge in [-0.05, 0) is 36.1 Å². The molecule has 0 unspecified atom stereocenters. The van der Waals surface area contributed by atoms with Crippen molar-refractivity contribution in [3.8, 4) is 0 Å². The van der Waals surface area contributed by atoms with Gasteiger partial charge in [-0.25, -0.2) is 4.98 Å². The van der Waals surface area contributed by atoms with Gasteiger partial charge in [0.15, 0.2) is 5.13 Å². The van der Waals surface area contributed by atoms with Crippen molar-refractivity contribution in [2.45, 2.75) is 11.8 Å². The number of thiazole rings is 1. The zero-order chi connectivity index (χ0) is 17.1. The van der Waals surface area contributed by atoms with Crippen LogP contribution in [0.2, 0.25) is 0 Å². The number of hydrogen-bond acceptors (Lipinski definition) is 6. The fraction of sp³-hybridized carbons (Fsp3) is 0.125. The van der Waals surface area contributed by atoms with Crippen LogP contribution < -0.4 is 5.32 Å². The first-order valence-corrected chi connectivity index (χ1v) is 8.96. The van der Waals surface area contributed by atoms with E-state index in [9.17, 15) is 14.9 Å². The molecule has 1 N–H and O–H groups in total. The molecule has 122 valence electrons. The lowest BCUT2D eigenvalue weighted by Gasteiger charge is -2.03. The Morgan fingerprint density at radius 1 is 1.29 bits per heavy atom. The van der Waals surface area contributed by atoms with Gasteiger partial charge in [-0.2, -0.15) is 0 Å². The van der Waals surface area contributed by atoms with Crippen molar-refractivity contribution >= 4 is 50.0 Å². The second-order valence-electron chi connectivity index (χ2n) is 4.84. The van der Waals surface area contributed by atoms with E-state index in [0.717, 1.165) is 10.6 Å². The molecule has 0 aliphatic heterocycles. The predicted octanol–water partition coefficient (Wildman–Crippen LogP) is 4.57. The number of nitro groups is 1. The minimum atomic E-state index is -0.451. The van der Waals surface area contributed by atoms with E-state index in [0.29, 0.717) is 20.9 Å². The summed E-state index contributed by atoms with van der Waals surface area (Å²) in [5.74, 6) is 0.722. The SMILES string of the molecule is CCSc1ccc(C(=O)Nc2nc3ccc([N+](=O)[O-])cc3s2)cc1. The van der Waals surface area contributed by atoms with E-state index in [2.05, 4.69) is 17.2 Å². The maximum absolute atomic E-state index is 12.3. The van der Waals surface area contributed by atoms with Gasteiger partial charge in [0, 0.05) is 22.6 Å². The molecular weight excluding hydrogens is 346 g/mol. The van der Waals surface area contributed by atoms with Gasteiger partial charge in [0.2, 0.25) is 0 Å². The largest absolute Gasteiger partial charge is 0.298 e. The topological polar surface area (TPSA) is 85.1 Å². The van der Waals surface area contributed by atoms with Crippen molar-refractivity contribution in [1.82, 2.24) is 4.98 Å². The summed E-state index contributed by atoms with van der Waals surface area (Å²) in [5, 5.41) is 14.0. The number of nitrogens with one attached hydrogen (secondary N) is 1. The van der Waals surface area contributed by atoms with Gasteiger partial charge >= 0.3 is 0 Å². The molecular formula is C16H13N3O3S2. The molecule has 3 aromatic rings. The highest BCUT2D eigenvalue weighted by Crippen LogP contribution is 2.29. The zero-order valence-corrected chi connectivity index (χ0v) is 14.3. The Morgan fingerprint density at radius 2 is 2.04 bits per heavy atom. The van der Waals surface area contributed by atoms with Crippen molar-refractivity contribution in [3.05, 3.63) is 58.1 Å². The van der Waals surface area contributed by atoms with Crippen LogP contribution in [0.5, 0.6) is 0 Å². The van der Waals surface area contributed by atoms with Crippen LogP contribution in [0.3, 0.4) is 0 Å². The number of carbonyl (C=O) groups is 1. The van der Waals surface area contributed by atoms with Gasteiger partial charge in [-0.15, -0.1) is 11.8 Å². The summed E-state index contributed by atoms with van der Waals surface area (Å²) in [6, 6.07) is 11.8. The molecule has 1 heterocycles. The van der Waals surface area contributed by atoms with Crippen LogP contribution in [-0.2, 0) is 0 Å². The van der Waals surface area contributed by atoms with Gasteiger partial charge in [0.25, 0.3) is 11.6 Å². The zero-order valence-electron chi connectivity index (χ0n) is 12.7. The van der Waals surface area contributed by atoms with Crippen molar-refractivity contribution in [1.29, 1.82) is 0 Å². The summed E-state index contributed by atoms with van der Waals surface area (Å²) >= 11 is 2.92. The summed E-state index contributed by atoms with van der Waals surface area (Å²) in [5.41, 5.74) is 1.17. The van der Waals surface area contributed by atoms with Crippen LogP contribution in [0.4, 0.5) is 10.8 Å². The number of anilines is 1.